The lowest BCUT2D eigenvalue weighted by Crippen LogP contribution is -2.21. The fourth-order valence-electron chi connectivity index (χ4n) is 1.24. The molecule has 2 rings (SSSR count). The number of hydrogen-bond donors (Lipinski definition) is 1. The second-order valence-corrected chi connectivity index (χ2v) is 4.58. The van der Waals surface area contributed by atoms with Crippen molar-refractivity contribution in [2.75, 3.05) is 0 Å². The SMILES string of the molecule is Cc1ccc(CNC(=O)c2ccoc2)s1. The first-order valence-electron chi connectivity index (χ1n) is 4.61. The van der Waals surface area contributed by atoms with Gasteiger partial charge in [0.1, 0.15) is 6.26 Å². The van der Waals surface area contributed by atoms with E-state index in [0.717, 1.165) is 4.88 Å². The summed E-state index contributed by atoms with van der Waals surface area (Å²) in [5.41, 5.74) is 0.559. The Labute approximate surface area is 91.7 Å². The second kappa shape index (κ2) is 4.31. The molecule has 0 radical (unpaired) electrons. The number of furan rings is 1. The average molecular weight is 221 g/mol. The van der Waals surface area contributed by atoms with Crippen molar-refractivity contribution < 1.29 is 9.21 Å². The van der Waals surface area contributed by atoms with Crippen molar-refractivity contribution >= 4 is 17.2 Å². The van der Waals surface area contributed by atoms with Crippen LogP contribution in [0.3, 0.4) is 0 Å². The van der Waals surface area contributed by atoms with E-state index >= 15 is 0 Å². The van der Waals surface area contributed by atoms with E-state index in [-0.39, 0.29) is 5.91 Å². The highest BCUT2D eigenvalue weighted by molar-refractivity contribution is 7.11. The molecule has 4 heteroatoms. The molecule has 0 aliphatic carbocycles. The Kier molecular flexibility index (Phi) is 2.87. The predicted molar refractivity (Wildman–Crippen MR) is 58.9 cm³/mol. The van der Waals surface area contributed by atoms with Gasteiger partial charge in [0.05, 0.1) is 18.4 Å². The Balaban J connectivity index is 1.91. The van der Waals surface area contributed by atoms with Gasteiger partial charge < -0.3 is 9.73 Å². The number of rotatable bonds is 3. The van der Waals surface area contributed by atoms with Gasteiger partial charge in [0.15, 0.2) is 0 Å². The van der Waals surface area contributed by atoms with Gasteiger partial charge in [-0.15, -0.1) is 11.3 Å². The maximum atomic E-state index is 11.5. The van der Waals surface area contributed by atoms with Crippen molar-refractivity contribution in [1.82, 2.24) is 5.32 Å². The summed E-state index contributed by atoms with van der Waals surface area (Å²) >= 11 is 1.69. The van der Waals surface area contributed by atoms with E-state index in [1.54, 1.807) is 17.4 Å². The molecule has 1 amide bonds. The number of hydrogen-bond acceptors (Lipinski definition) is 3. The summed E-state index contributed by atoms with van der Waals surface area (Å²) < 4.78 is 4.83. The molecule has 78 valence electrons. The molecule has 0 aliphatic heterocycles. The fourth-order valence-corrected chi connectivity index (χ4v) is 2.07. The highest BCUT2D eigenvalue weighted by atomic mass is 32.1. The molecule has 3 nitrogen and oxygen atoms in total. The van der Waals surface area contributed by atoms with Gasteiger partial charge in [-0.25, -0.2) is 0 Å². The van der Waals surface area contributed by atoms with Crippen molar-refractivity contribution in [2.24, 2.45) is 0 Å². The first-order valence-corrected chi connectivity index (χ1v) is 5.43. The summed E-state index contributed by atoms with van der Waals surface area (Å²) in [6.07, 6.45) is 2.93. The van der Waals surface area contributed by atoms with Crippen LogP contribution in [0.15, 0.2) is 35.1 Å². The Morgan fingerprint density at radius 2 is 2.33 bits per heavy atom. The molecule has 0 saturated heterocycles. The zero-order valence-corrected chi connectivity index (χ0v) is 9.14. The minimum atomic E-state index is -0.102. The van der Waals surface area contributed by atoms with Gasteiger partial charge in [0, 0.05) is 9.75 Å². The molecule has 2 heterocycles. The molecule has 0 bridgehead atoms. The third-order valence-electron chi connectivity index (χ3n) is 2.00. The van der Waals surface area contributed by atoms with Crippen LogP contribution in [0, 0.1) is 6.92 Å². The van der Waals surface area contributed by atoms with Crippen molar-refractivity contribution in [3.63, 3.8) is 0 Å². The number of amides is 1. The Hall–Kier alpha value is -1.55. The zero-order chi connectivity index (χ0) is 10.7. The van der Waals surface area contributed by atoms with E-state index in [1.165, 1.54) is 17.4 Å². The number of carbonyl (C=O) groups is 1. The monoisotopic (exact) mass is 221 g/mol. The van der Waals surface area contributed by atoms with Crippen LogP contribution in [0.4, 0.5) is 0 Å². The van der Waals surface area contributed by atoms with E-state index < -0.39 is 0 Å². The molecule has 0 aliphatic rings. The van der Waals surface area contributed by atoms with Crippen LogP contribution >= 0.6 is 11.3 Å². The maximum Gasteiger partial charge on any atom is 0.254 e. The normalized spacial score (nSPS) is 10.2. The summed E-state index contributed by atoms with van der Waals surface area (Å²) in [6, 6.07) is 5.72. The predicted octanol–water partition coefficient (Wildman–Crippen LogP) is 2.58. The molecule has 0 saturated carbocycles. The highest BCUT2D eigenvalue weighted by Crippen LogP contribution is 2.14. The number of carbonyl (C=O) groups excluding carboxylic acids is 1. The van der Waals surface area contributed by atoms with Gasteiger partial charge in [0.25, 0.3) is 5.91 Å². The quantitative estimate of drug-likeness (QED) is 0.865. The number of thiophene rings is 1. The van der Waals surface area contributed by atoms with E-state index in [0.29, 0.717) is 12.1 Å². The van der Waals surface area contributed by atoms with E-state index in [9.17, 15) is 4.79 Å². The first-order chi connectivity index (χ1) is 7.25. The van der Waals surface area contributed by atoms with Gasteiger partial charge >= 0.3 is 0 Å². The Morgan fingerprint density at radius 3 is 2.93 bits per heavy atom. The lowest BCUT2D eigenvalue weighted by Gasteiger charge is -2.00. The third kappa shape index (κ3) is 2.47. The summed E-state index contributed by atoms with van der Waals surface area (Å²) in [7, 11) is 0. The molecule has 15 heavy (non-hydrogen) atoms. The Bertz CT molecular complexity index is 445. The lowest BCUT2D eigenvalue weighted by molar-refractivity contribution is 0.0950. The molecule has 0 spiro atoms. The van der Waals surface area contributed by atoms with Gasteiger partial charge in [-0.3, -0.25) is 4.79 Å². The van der Waals surface area contributed by atoms with Crippen LogP contribution in [-0.4, -0.2) is 5.91 Å². The fraction of sp³-hybridized carbons (Fsp3) is 0.182. The molecule has 2 aromatic heterocycles. The van der Waals surface area contributed by atoms with Crippen molar-refractivity contribution in [3.8, 4) is 0 Å². The minimum absolute atomic E-state index is 0.102. The van der Waals surface area contributed by atoms with E-state index in [2.05, 4.69) is 5.32 Å². The summed E-state index contributed by atoms with van der Waals surface area (Å²) in [5, 5.41) is 2.83. The molecule has 0 aromatic carbocycles. The van der Waals surface area contributed by atoms with E-state index in [4.69, 9.17) is 4.42 Å². The zero-order valence-electron chi connectivity index (χ0n) is 8.32. The van der Waals surface area contributed by atoms with Crippen LogP contribution in [0.1, 0.15) is 20.1 Å². The average Bonchev–Trinajstić information content (AvgIpc) is 2.84. The maximum absolute atomic E-state index is 11.5. The highest BCUT2D eigenvalue weighted by Gasteiger charge is 2.06. The van der Waals surface area contributed by atoms with Crippen LogP contribution in [0.5, 0.6) is 0 Å². The van der Waals surface area contributed by atoms with Crippen molar-refractivity contribution in [1.29, 1.82) is 0 Å². The first kappa shape index (κ1) is 9.98. The molecule has 0 fully saturated rings. The van der Waals surface area contributed by atoms with Crippen LogP contribution in [0.25, 0.3) is 0 Å². The number of aryl methyl sites for hydroxylation is 1. The summed E-state index contributed by atoms with van der Waals surface area (Å²) in [4.78, 5) is 13.9. The lowest BCUT2D eigenvalue weighted by atomic mass is 10.3. The molecule has 0 atom stereocenters. The van der Waals surface area contributed by atoms with Crippen molar-refractivity contribution in [3.05, 3.63) is 46.0 Å². The summed E-state index contributed by atoms with van der Waals surface area (Å²) in [5.74, 6) is -0.102. The molecular formula is C11H11NO2S. The standard InChI is InChI=1S/C11H11NO2S/c1-8-2-3-10(15-8)6-12-11(13)9-4-5-14-7-9/h2-5,7H,6H2,1H3,(H,12,13). The molecular weight excluding hydrogens is 210 g/mol. The van der Waals surface area contributed by atoms with Gasteiger partial charge in [-0.2, -0.15) is 0 Å². The largest absolute Gasteiger partial charge is 0.472 e. The van der Waals surface area contributed by atoms with Gasteiger partial charge in [-0.1, -0.05) is 0 Å². The number of nitrogens with one attached hydrogen (secondary N) is 1. The van der Waals surface area contributed by atoms with Crippen LogP contribution < -0.4 is 5.32 Å². The Morgan fingerprint density at radius 1 is 1.47 bits per heavy atom. The molecule has 2 aromatic rings. The van der Waals surface area contributed by atoms with Gasteiger partial charge in [-0.05, 0) is 25.1 Å². The minimum Gasteiger partial charge on any atom is -0.472 e. The smallest absolute Gasteiger partial charge is 0.254 e. The van der Waals surface area contributed by atoms with Crippen LogP contribution in [-0.2, 0) is 6.54 Å². The molecule has 0 unspecified atom stereocenters. The van der Waals surface area contributed by atoms with Crippen molar-refractivity contribution in [2.45, 2.75) is 13.5 Å². The van der Waals surface area contributed by atoms with Crippen LogP contribution in [0.2, 0.25) is 0 Å². The van der Waals surface area contributed by atoms with Gasteiger partial charge in [0.2, 0.25) is 0 Å². The van der Waals surface area contributed by atoms with E-state index in [1.807, 2.05) is 19.1 Å². The topological polar surface area (TPSA) is 42.2 Å². The second-order valence-electron chi connectivity index (χ2n) is 3.21. The third-order valence-corrected chi connectivity index (χ3v) is 3.00. The summed E-state index contributed by atoms with van der Waals surface area (Å²) in [6.45, 7) is 2.62. The molecule has 1 N–H and O–H groups in total.